The van der Waals surface area contributed by atoms with Gasteiger partial charge in [-0.1, -0.05) is 11.3 Å². The second kappa shape index (κ2) is 4.39. The molecule has 0 fully saturated rings. The van der Waals surface area contributed by atoms with Crippen LogP contribution < -0.4 is 5.19 Å². The first kappa shape index (κ1) is 9.43. The molecule has 1 aromatic rings. The van der Waals surface area contributed by atoms with E-state index in [-0.39, 0.29) is 23.3 Å². The van der Waals surface area contributed by atoms with Crippen molar-refractivity contribution in [3.8, 4) is 5.75 Å². The summed E-state index contributed by atoms with van der Waals surface area (Å²) < 4.78 is 0. The number of carbonyl (C=O) groups is 1. The van der Waals surface area contributed by atoms with E-state index in [1.165, 1.54) is 14.9 Å². The van der Waals surface area contributed by atoms with Gasteiger partial charge in [0.05, 0.1) is 5.56 Å². The molecule has 2 nitrogen and oxygen atoms in total. The van der Waals surface area contributed by atoms with Gasteiger partial charge in [-0.15, -0.1) is 0 Å². The third kappa shape index (κ3) is 2.16. The number of phenolic OH excluding ortho intramolecular Hbond substituents is 1. The Kier molecular flexibility index (Phi) is 3.45. The molecule has 0 aromatic heterocycles. The number of benzene rings is 1. The van der Waals surface area contributed by atoms with E-state index in [9.17, 15) is 9.90 Å². The van der Waals surface area contributed by atoms with Gasteiger partial charge < -0.3 is 5.11 Å². The van der Waals surface area contributed by atoms with Crippen LogP contribution in [0, 0.1) is 0 Å². The van der Waals surface area contributed by atoms with E-state index in [1.807, 2.05) is 6.07 Å². The summed E-state index contributed by atoms with van der Waals surface area (Å²) in [6, 6.07) is 5.47. The van der Waals surface area contributed by atoms with Gasteiger partial charge in [0.1, 0.15) is 5.75 Å². The summed E-state index contributed by atoms with van der Waals surface area (Å²) in [5.74, 6) is 0.152. The zero-order chi connectivity index (χ0) is 8.97. The monoisotopic (exact) mass is 212 g/mol. The van der Waals surface area contributed by atoms with Crippen LogP contribution in [0.1, 0.15) is 10.4 Å². The topological polar surface area (TPSA) is 37.3 Å². The predicted molar refractivity (Wildman–Crippen MR) is 60.2 cm³/mol. The van der Waals surface area contributed by atoms with Gasteiger partial charge in [0, 0.05) is 9.04 Å². The summed E-state index contributed by atoms with van der Waals surface area (Å²) in [5.41, 5.74) is 0.405. The Morgan fingerprint density at radius 3 is 2.75 bits per heavy atom. The van der Waals surface area contributed by atoms with Crippen LogP contribution in [-0.4, -0.2) is 38.7 Å². The van der Waals surface area contributed by atoms with Crippen LogP contribution in [0.25, 0.3) is 0 Å². The lowest BCUT2D eigenvalue weighted by molar-refractivity contribution is 0.112. The van der Waals surface area contributed by atoms with Crippen molar-refractivity contribution in [1.82, 2.24) is 0 Å². The van der Waals surface area contributed by atoms with Crippen LogP contribution in [0.3, 0.4) is 0 Å². The molecule has 0 amide bonds. The van der Waals surface area contributed by atoms with Crippen LogP contribution in [0.15, 0.2) is 18.2 Å². The van der Waals surface area contributed by atoms with Crippen molar-refractivity contribution in [2.45, 2.75) is 0 Å². The molecule has 64 valence electrons. The minimum atomic E-state index is -0.0214. The van der Waals surface area contributed by atoms with Gasteiger partial charge in [-0.05, 0) is 30.4 Å². The molecule has 0 radical (unpaired) electrons. The molecule has 0 saturated carbocycles. The first-order valence-electron chi connectivity index (χ1n) is 4.05. The number of carbonyl (C=O) groups excluding carboxylic acids is 1. The largest absolute Gasteiger partial charge is 0.507 e. The van der Waals surface area contributed by atoms with Crippen LogP contribution in [-0.2, 0) is 0 Å². The summed E-state index contributed by atoms with van der Waals surface area (Å²) in [6.07, 6.45) is 0.693. The van der Waals surface area contributed by atoms with Gasteiger partial charge in [0.2, 0.25) is 0 Å². The van der Waals surface area contributed by atoms with Gasteiger partial charge in [0.25, 0.3) is 0 Å². The van der Waals surface area contributed by atoms with E-state index in [0.29, 0.717) is 11.8 Å². The van der Waals surface area contributed by atoms with Gasteiger partial charge in [-0.2, -0.15) is 0 Å². The molecular weight excluding hydrogens is 200 g/mol. The molecule has 0 aliphatic rings. The fraction of sp³-hybridized carbons (Fsp3) is 0. The lowest BCUT2D eigenvalue weighted by atomic mass is 10.2. The zero-order valence-corrected chi connectivity index (χ0v) is 11.9. The number of aldehydes is 1. The number of hydrogen-bond donors (Lipinski definition) is 1. The average molecular weight is 212 g/mol. The maximum Gasteiger partial charge on any atom is 0.153 e. The third-order valence-electron chi connectivity index (χ3n) is 1.76. The lowest BCUT2D eigenvalue weighted by Gasteiger charge is -2.00. The normalized spacial score (nSPS) is 12.0. The number of hydrogen-bond acceptors (Lipinski definition) is 2. The van der Waals surface area contributed by atoms with E-state index in [0.717, 1.165) is 0 Å². The molecule has 12 heavy (non-hydrogen) atoms. The quantitative estimate of drug-likeness (QED) is 0.439. The van der Waals surface area contributed by atoms with Crippen molar-refractivity contribution < 1.29 is 9.90 Å². The van der Waals surface area contributed by atoms with Gasteiger partial charge in [-0.25, -0.2) is 0 Å². The van der Waals surface area contributed by atoms with Crippen molar-refractivity contribution >= 4 is 38.8 Å². The van der Waals surface area contributed by atoms with E-state index in [2.05, 4.69) is 0 Å². The Labute approximate surface area is 78.6 Å². The molecule has 5 heteroatoms. The molecule has 0 aliphatic heterocycles. The van der Waals surface area contributed by atoms with Crippen LogP contribution >= 0.6 is 0 Å². The molecule has 0 spiro atoms. The third-order valence-corrected chi connectivity index (χ3v) is 11.0. The van der Waals surface area contributed by atoms with Crippen LogP contribution in [0.4, 0.5) is 0 Å². The summed E-state index contributed by atoms with van der Waals surface area (Å²) in [6.45, 7) is 0. The highest BCUT2D eigenvalue weighted by Gasteiger charge is 2.00. The van der Waals surface area contributed by atoms with Crippen molar-refractivity contribution in [3.05, 3.63) is 23.8 Å². The maximum absolute atomic E-state index is 10.4. The molecule has 0 unspecified atom stereocenters. The molecule has 1 aromatic carbocycles. The van der Waals surface area contributed by atoms with E-state index >= 15 is 0 Å². The molecule has 1 rings (SSSR count). The van der Waals surface area contributed by atoms with E-state index < -0.39 is 0 Å². The fourth-order valence-electron chi connectivity index (χ4n) is 1.13. The van der Waals surface area contributed by atoms with E-state index in [1.54, 1.807) is 12.1 Å². The number of phenols is 1. The summed E-state index contributed by atoms with van der Waals surface area (Å²) in [7, 11) is 1.61. The highest BCUT2D eigenvalue weighted by Crippen LogP contribution is 2.10. The molecule has 0 aliphatic carbocycles. The Morgan fingerprint density at radius 1 is 1.50 bits per heavy atom. The first-order chi connectivity index (χ1) is 5.77. The highest BCUT2D eigenvalue weighted by atomic mass is 29.5. The van der Waals surface area contributed by atoms with Crippen LogP contribution in [0.2, 0.25) is 0 Å². The predicted octanol–water partition coefficient (Wildman–Crippen LogP) is -2.64. The Morgan fingerprint density at radius 2 is 2.25 bits per heavy atom. The maximum atomic E-state index is 10.4. The van der Waals surface area contributed by atoms with Crippen molar-refractivity contribution in [1.29, 1.82) is 0 Å². The average Bonchev–Trinajstić information content (AvgIpc) is 2.05. The van der Waals surface area contributed by atoms with Gasteiger partial charge >= 0.3 is 0 Å². The standard InChI is InChI=1S/C7H12O2Si3/c8-4-5-1-2-6(11-12-10)3-7(5)9/h1-4,9H,11-12H2,10H3. The van der Waals surface area contributed by atoms with E-state index in [4.69, 9.17) is 0 Å². The second-order valence-electron chi connectivity index (χ2n) is 2.76. The summed E-state index contributed by atoms with van der Waals surface area (Å²) in [4.78, 5) is 10.4. The zero-order valence-electron chi connectivity index (χ0n) is 7.08. The Balaban J connectivity index is 2.93. The summed E-state index contributed by atoms with van der Waals surface area (Å²) >= 11 is 0. The van der Waals surface area contributed by atoms with Crippen LogP contribution in [0.5, 0.6) is 5.75 Å². The Hall–Kier alpha value is -0.659. The first-order valence-corrected chi connectivity index (χ1v) is 14.4. The van der Waals surface area contributed by atoms with Gasteiger partial charge in [-0.3, -0.25) is 4.79 Å². The van der Waals surface area contributed by atoms with Crippen molar-refractivity contribution in [2.75, 3.05) is 0 Å². The summed E-state index contributed by atoms with van der Waals surface area (Å²) in [5, 5.41) is 10.6. The molecule has 0 atom stereocenters. The lowest BCUT2D eigenvalue weighted by Crippen LogP contribution is -2.20. The molecular formula is C7H12O2Si3. The smallest absolute Gasteiger partial charge is 0.153 e. The molecule has 0 heterocycles. The second-order valence-corrected chi connectivity index (χ2v) is 18.6. The highest BCUT2D eigenvalue weighted by molar-refractivity contribution is 7.27. The van der Waals surface area contributed by atoms with Crippen molar-refractivity contribution in [3.63, 3.8) is 0 Å². The number of rotatable bonds is 3. The minimum Gasteiger partial charge on any atom is -0.507 e. The number of aromatic hydroxyl groups is 1. The van der Waals surface area contributed by atoms with Gasteiger partial charge in [0.15, 0.2) is 6.29 Å². The Bertz CT molecular complexity index is 288. The SMILES string of the molecule is O=Cc1ccc([SiH2][SiH2][SiH3])cc1O. The molecule has 0 bridgehead atoms. The fourth-order valence-corrected chi connectivity index (χ4v) is 10.2. The molecule has 0 saturated heterocycles. The van der Waals surface area contributed by atoms with Crippen molar-refractivity contribution in [2.24, 2.45) is 0 Å². The molecule has 1 N–H and O–H groups in total. The minimum absolute atomic E-state index is 0.0214.